The predicted molar refractivity (Wildman–Crippen MR) is 80.3 cm³/mol. The summed E-state index contributed by atoms with van der Waals surface area (Å²) >= 11 is 0. The van der Waals surface area contributed by atoms with E-state index >= 15 is 0 Å². The van der Waals surface area contributed by atoms with Crippen molar-refractivity contribution >= 4 is 5.69 Å². The molecule has 1 aromatic heterocycles. The molecular weight excluding hydrogens is 234 g/mol. The van der Waals surface area contributed by atoms with Crippen LogP contribution in [0, 0.1) is 6.92 Å². The van der Waals surface area contributed by atoms with E-state index in [9.17, 15) is 0 Å². The van der Waals surface area contributed by atoms with Gasteiger partial charge in [0.05, 0.1) is 12.2 Å². The van der Waals surface area contributed by atoms with Gasteiger partial charge >= 0.3 is 0 Å². The quantitative estimate of drug-likeness (QED) is 0.890. The zero-order chi connectivity index (χ0) is 13.7. The highest BCUT2D eigenvalue weighted by atomic mass is 15.1. The lowest BCUT2D eigenvalue weighted by Gasteiger charge is -2.19. The molecule has 0 bridgehead atoms. The Labute approximate surface area is 115 Å². The standard InChI is InChI=1S/C16H21N3/c1-13-5-4-6-15(18-13)12-19(3)16-9-7-14(8-10-16)11-17-2/h4-10,17H,11-12H2,1-3H3. The van der Waals surface area contributed by atoms with E-state index in [0.29, 0.717) is 0 Å². The molecule has 0 radical (unpaired) electrons. The van der Waals surface area contributed by atoms with Gasteiger partial charge in [0.1, 0.15) is 0 Å². The maximum Gasteiger partial charge on any atom is 0.0600 e. The minimum atomic E-state index is 0.826. The first kappa shape index (κ1) is 13.6. The molecule has 3 heteroatoms. The van der Waals surface area contributed by atoms with Crippen molar-refractivity contribution in [3.05, 3.63) is 59.4 Å². The second kappa shape index (κ2) is 6.34. The number of aryl methyl sites for hydroxylation is 1. The Morgan fingerprint density at radius 2 is 1.84 bits per heavy atom. The van der Waals surface area contributed by atoms with Gasteiger partial charge in [0.25, 0.3) is 0 Å². The molecule has 1 heterocycles. The second-order valence-electron chi connectivity index (χ2n) is 4.82. The molecule has 0 saturated carbocycles. The molecule has 0 fully saturated rings. The SMILES string of the molecule is CNCc1ccc(N(C)Cc2cccc(C)n2)cc1. The van der Waals surface area contributed by atoms with Crippen LogP contribution in [0.25, 0.3) is 0 Å². The molecule has 19 heavy (non-hydrogen) atoms. The Balaban J connectivity index is 2.05. The molecule has 1 N–H and O–H groups in total. The van der Waals surface area contributed by atoms with Crippen molar-refractivity contribution in [2.24, 2.45) is 0 Å². The number of rotatable bonds is 5. The summed E-state index contributed by atoms with van der Waals surface area (Å²) in [6.07, 6.45) is 0. The van der Waals surface area contributed by atoms with E-state index in [0.717, 1.165) is 24.5 Å². The number of nitrogens with zero attached hydrogens (tertiary/aromatic N) is 2. The van der Waals surface area contributed by atoms with E-state index < -0.39 is 0 Å². The Morgan fingerprint density at radius 3 is 2.47 bits per heavy atom. The maximum absolute atomic E-state index is 4.53. The molecule has 0 saturated heterocycles. The molecule has 0 amide bonds. The van der Waals surface area contributed by atoms with Gasteiger partial charge in [-0.2, -0.15) is 0 Å². The molecule has 100 valence electrons. The van der Waals surface area contributed by atoms with Gasteiger partial charge in [-0.25, -0.2) is 0 Å². The van der Waals surface area contributed by atoms with E-state index in [2.05, 4.69) is 58.6 Å². The van der Waals surface area contributed by atoms with Crippen LogP contribution in [-0.4, -0.2) is 19.1 Å². The van der Waals surface area contributed by atoms with Gasteiger partial charge in [-0.3, -0.25) is 4.98 Å². The number of hydrogen-bond donors (Lipinski definition) is 1. The summed E-state index contributed by atoms with van der Waals surface area (Å²) in [6.45, 7) is 3.76. The fourth-order valence-electron chi connectivity index (χ4n) is 2.09. The lowest BCUT2D eigenvalue weighted by atomic mass is 10.2. The Bertz CT molecular complexity index is 520. The molecule has 0 spiro atoms. The average Bonchev–Trinajstić information content (AvgIpc) is 2.40. The number of benzene rings is 1. The summed E-state index contributed by atoms with van der Waals surface area (Å²) in [7, 11) is 4.06. The fourth-order valence-corrected chi connectivity index (χ4v) is 2.09. The predicted octanol–water partition coefficient (Wildman–Crippen LogP) is 2.75. The van der Waals surface area contributed by atoms with Gasteiger partial charge in [-0.05, 0) is 43.8 Å². The summed E-state index contributed by atoms with van der Waals surface area (Å²) < 4.78 is 0. The van der Waals surface area contributed by atoms with Crippen molar-refractivity contribution in [1.29, 1.82) is 0 Å². The largest absolute Gasteiger partial charge is 0.369 e. The third-order valence-corrected chi connectivity index (χ3v) is 3.10. The van der Waals surface area contributed by atoms with Crippen molar-refractivity contribution in [2.45, 2.75) is 20.0 Å². The van der Waals surface area contributed by atoms with Crippen molar-refractivity contribution in [3.8, 4) is 0 Å². The maximum atomic E-state index is 4.53. The van der Waals surface area contributed by atoms with Crippen LogP contribution in [0.3, 0.4) is 0 Å². The van der Waals surface area contributed by atoms with Crippen LogP contribution in [0.5, 0.6) is 0 Å². The van der Waals surface area contributed by atoms with Crippen molar-refractivity contribution in [1.82, 2.24) is 10.3 Å². The van der Waals surface area contributed by atoms with E-state index in [4.69, 9.17) is 0 Å². The minimum Gasteiger partial charge on any atom is -0.369 e. The fraction of sp³-hybridized carbons (Fsp3) is 0.312. The Kier molecular flexibility index (Phi) is 4.53. The number of anilines is 1. The third-order valence-electron chi connectivity index (χ3n) is 3.10. The van der Waals surface area contributed by atoms with Crippen molar-refractivity contribution < 1.29 is 0 Å². The Morgan fingerprint density at radius 1 is 1.11 bits per heavy atom. The highest BCUT2D eigenvalue weighted by molar-refractivity contribution is 5.47. The molecule has 0 atom stereocenters. The van der Waals surface area contributed by atoms with Gasteiger partial charge in [-0.1, -0.05) is 18.2 Å². The van der Waals surface area contributed by atoms with Crippen LogP contribution in [0.1, 0.15) is 17.0 Å². The molecule has 0 aliphatic heterocycles. The zero-order valence-corrected chi connectivity index (χ0v) is 11.9. The topological polar surface area (TPSA) is 28.2 Å². The summed E-state index contributed by atoms with van der Waals surface area (Å²) in [6, 6.07) is 14.8. The van der Waals surface area contributed by atoms with Gasteiger partial charge in [0, 0.05) is 25.0 Å². The number of pyridine rings is 1. The summed E-state index contributed by atoms with van der Waals surface area (Å²) in [5.74, 6) is 0. The molecule has 3 nitrogen and oxygen atoms in total. The highest BCUT2D eigenvalue weighted by Gasteiger charge is 2.03. The molecule has 0 aliphatic rings. The number of hydrogen-bond acceptors (Lipinski definition) is 3. The van der Waals surface area contributed by atoms with Crippen molar-refractivity contribution in [2.75, 3.05) is 19.0 Å². The normalized spacial score (nSPS) is 10.5. The van der Waals surface area contributed by atoms with Crippen LogP contribution in [0.4, 0.5) is 5.69 Å². The van der Waals surface area contributed by atoms with Gasteiger partial charge < -0.3 is 10.2 Å². The lowest BCUT2D eigenvalue weighted by molar-refractivity contribution is 0.816. The molecular formula is C16H21N3. The average molecular weight is 255 g/mol. The van der Waals surface area contributed by atoms with Crippen molar-refractivity contribution in [3.63, 3.8) is 0 Å². The van der Waals surface area contributed by atoms with Gasteiger partial charge in [0.2, 0.25) is 0 Å². The molecule has 0 unspecified atom stereocenters. The minimum absolute atomic E-state index is 0.826. The van der Waals surface area contributed by atoms with Gasteiger partial charge in [0.15, 0.2) is 0 Å². The lowest BCUT2D eigenvalue weighted by Crippen LogP contribution is -2.17. The van der Waals surface area contributed by atoms with Gasteiger partial charge in [-0.15, -0.1) is 0 Å². The summed E-state index contributed by atoms with van der Waals surface area (Å²) in [5.41, 5.74) is 4.67. The summed E-state index contributed by atoms with van der Waals surface area (Å²) in [5, 5.41) is 3.16. The molecule has 2 rings (SSSR count). The molecule has 0 aliphatic carbocycles. The smallest absolute Gasteiger partial charge is 0.0600 e. The molecule has 2 aromatic rings. The number of aromatic nitrogens is 1. The van der Waals surface area contributed by atoms with Crippen LogP contribution < -0.4 is 10.2 Å². The zero-order valence-electron chi connectivity index (χ0n) is 11.9. The Hall–Kier alpha value is -1.87. The second-order valence-corrected chi connectivity index (χ2v) is 4.82. The first-order valence-electron chi connectivity index (χ1n) is 6.56. The summed E-state index contributed by atoms with van der Waals surface area (Å²) in [4.78, 5) is 6.75. The monoisotopic (exact) mass is 255 g/mol. The first-order chi connectivity index (χ1) is 9.19. The van der Waals surface area contributed by atoms with Crippen LogP contribution in [0.2, 0.25) is 0 Å². The molecule has 1 aromatic carbocycles. The number of nitrogens with one attached hydrogen (secondary N) is 1. The van der Waals surface area contributed by atoms with E-state index in [-0.39, 0.29) is 0 Å². The third kappa shape index (κ3) is 3.80. The highest BCUT2D eigenvalue weighted by Crippen LogP contribution is 2.16. The van der Waals surface area contributed by atoms with Crippen LogP contribution >= 0.6 is 0 Å². The van der Waals surface area contributed by atoms with Crippen LogP contribution in [0.15, 0.2) is 42.5 Å². The van der Waals surface area contributed by atoms with E-state index in [1.807, 2.05) is 20.0 Å². The van der Waals surface area contributed by atoms with Crippen LogP contribution in [-0.2, 0) is 13.1 Å². The van der Waals surface area contributed by atoms with E-state index in [1.54, 1.807) is 0 Å². The van der Waals surface area contributed by atoms with E-state index in [1.165, 1.54) is 11.3 Å². The first-order valence-corrected chi connectivity index (χ1v) is 6.56.